The Morgan fingerprint density at radius 1 is 1.23 bits per heavy atom. The van der Waals surface area contributed by atoms with Crippen molar-refractivity contribution in [2.45, 2.75) is 104 Å². The molecule has 5 heteroatoms. The van der Waals surface area contributed by atoms with E-state index in [-0.39, 0.29) is 24.4 Å². The molecule has 5 atom stereocenters. The number of carbonyl (C=O) groups is 2. The van der Waals surface area contributed by atoms with E-state index in [9.17, 15) is 14.7 Å². The summed E-state index contributed by atoms with van der Waals surface area (Å²) in [6.07, 6.45) is 14.4. The Bertz CT molecular complexity index is 657. The van der Waals surface area contributed by atoms with E-state index in [4.69, 9.17) is 9.84 Å². The molecule has 0 radical (unpaired) electrons. The van der Waals surface area contributed by atoms with Crippen molar-refractivity contribution in [1.82, 2.24) is 0 Å². The molecule has 0 aromatic rings. The number of aliphatic hydroxyl groups excluding tert-OH is 1. The van der Waals surface area contributed by atoms with Gasteiger partial charge in [0.15, 0.2) is 0 Å². The Morgan fingerprint density at radius 3 is 2.61 bits per heavy atom. The molecule has 31 heavy (non-hydrogen) atoms. The molecule has 0 unspecified atom stereocenters. The van der Waals surface area contributed by atoms with E-state index in [0.29, 0.717) is 18.3 Å². The van der Waals surface area contributed by atoms with Gasteiger partial charge in [-0.3, -0.25) is 9.59 Å². The lowest BCUT2D eigenvalue weighted by Crippen LogP contribution is -2.31. The second-order valence-corrected chi connectivity index (χ2v) is 10.4. The van der Waals surface area contributed by atoms with Crippen LogP contribution in [0.5, 0.6) is 0 Å². The summed E-state index contributed by atoms with van der Waals surface area (Å²) in [6, 6.07) is 0. The van der Waals surface area contributed by atoms with E-state index in [0.717, 1.165) is 51.4 Å². The summed E-state index contributed by atoms with van der Waals surface area (Å²) in [5.41, 5.74) is 0.874. The number of rotatable bonds is 12. The van der Waals surface area contributed by atoms with Gasteiger partial charge in [-0.1, -0.05) is 50.0 Å². The molecule has 0 amide bonds. The maximum absolute atomic E-state index is 12.5. The first kappa shape index (κ1) is 25.6. The number of allylic oxidation sites excluding steroid dienone is 2. The number of aliphatic carboxylic acids is 1. The second kappa shape index (κ2) is 11.8. The Kier molecular flexibility index (Phi) is 9.80. The first-order valence-electron chi connectivity index (χ1n) is 12.1. The Morgan fingerprint density at radius 2 is 1.97 bits per heavy atom. The number of carboxylic acid groups (broad SMARTS) is 1. The molecule has 2 rings (SSSR count). The van der Waals surface area contributed by atoms with Gasteiger partial charge in [0.25, 0.3) is 0 Å². The van der Waals surface area contributed by atoms with Gasteiger partial charge in [0.1, 0.15) is 6.10 Å². The third kappa shape index (κ3) is 8.10. The highest BCUT2D eigenvalue weighted by atomic mass is 16.5. The molecular weight excluding hydrogens is 392 g/mol. The van der Waals surface area contributed by atoms with Crippen molar-refractivity contribution >= 4 is 11.9 Å². The van der Waals surface area contributed by atoms with E-state index < -0.39 is 17.5 Å². The predicted molar refractivity (Wildman–Crippen MR) is 123 cm³/mol. The van der Waals surface area contributed by atoms with Crippen molar-refractivity contribution < 1.29 is 24.5 Å². The molecular formula is C26H42O5. The van der Waals surface area contributed by atoms with Crippen LogP contribution in [-0.2, 0) is 14.3 Å². The molecule has 1 fully saturated rings. The number of carboxylic acids is 1. The lowest BCUT2D eigenvalue weighted by atomic mass is 9.88. The number of ether oxygens (including phenoxy) is 1. The average molecular weight is 435 g/mol. The van der Waals surface area contributed by atoms with Gasteiger partial charge < -0.3 is 14.9 Å². The van der Waals surface area contributed by atoms with Crippen molar-refractivity contribution in [2.75, 3.05) is 0 Å². The highest BCUT2D eigenvalue weighted by Crippen LogP contribution is 2.49. The van der Waals surface area contributed by atoms with Crippen molar-refractivity contribution in [3.63, 3.8) is 0 Å². The molecule has 2 aliphatic rings. The summed E-state index contributed by atoms with van der Waals surface area (Å²) >= 11 is 0. The second-order valence-electron chi connectivity index (χ2n) is 10.4. The Balaban J connectivity index is 2.01. The zero-order valence-electron chi connectivity index (χ0n) is 19.8. The fourth-order valence-corrected chi connectivity index (χ4v) is 4.79. The molecule has 176 valence electrons. The van der Waals surface area contributed by atoms with E-state index in [1.54, 1.807) is 0 Å². The minimum Gasteiger partial charge on any atom is -0.481 e. The highest BCUT2D eigenvalue weighted by Gasteiger charge is 2.46. The summed E-state index contributed by atoms with van der Waals surface area (Å²) in [7, 11) is 0. The molecule has 5 nitrogen and oxygen atoms in total. The van der Waals surface area contributed by atoms with Crippen LogP contribution in [-0.4, -0.2) is 34.4 Å². The standard InChI is InChI=1S/C26H42O5/c1-5-6-7-11-20(27)13-14-21-22-16-18(10-8-9-12-24(28)29)15-19(22)17-23(21)31-25(30)26(2,3)4/h13-15,19-23,27H,5-12,16-17H2,1-4H3,(H,28,29)/b14-13+/t19-,20-,21+,22-,23+/m0/s1. The lowest BCUT2D eigenvalue weighted by Gasteiger charge is -2.26. The summed E-state index contributed by atoms with van der Waals surface area (Å²) < 4.78 is 5.95. The summed E-state index contributed by atoms with van der Waals surface area (Å²) in [5.74, 6) is -0.00364. The normalized spacial score (nSPS) is 26.7. The third-order valence-corrected chi connectivity index (χ3v) is 6.59. The summed E-state index contributed by atoms with van der Waals surface area (Å²) in [4.78, 5) is 23.3. The lowest BCUT2D eigenvalue weighted by molar-refractivity contribution is -0.160. The molecule has 0 spiro atoms. The van der Waals surface area contributed by atoms with Gasteiger partial charge in [0.05, 0.1) is 11.5 Å². The molecule has 0 aromatic carbocycles. The molecule has 0 aliphatic heterocycles. The van der Waals surface area contributed by atoms with Crippen molar-refractivity contribution in [3.8, 4) is 0 Å². The van der Waals surface area contributed by atoms with Crippen LogP contribution >= 0.6 is 0 Å². The fraction of sp³-hybridized carbons (Fsp3) is 0.769. The van der Waals surface area contributed by atoms with Crippen LogP contribution in [0.4, 0.5) is 0 Å². The van der Waals surface area contributed by atoms with Crippen LogP contribution in [0.1, 0.15) is 91.9 Å². The van der Waals surface area contributed by atoms with Crippen LogP contribution in [0.15, 0.2) is 23.8 Å². The monoisotopic (exact) mass is 434 g/mol. The fourth-order valence-electron chi connectivity index (χ4n) is 4.79. The Hall–Kier alpha value is -1.62. The van der Waals surface area contributed by atoms with Crippen molar-refractivity contribution in [1.29, 1.82) is 0 Å². The number of hydrogen-bond acceptors (Lipinski definition) is 4. The number of unbranched alkanes of at least 4 members (excludes halogenated alkanes) is 3. The quantitative estimate of drug-likeness (QED) is 0.235. The zero-order chi connectivity index (χ0) is 23.0. The SMILES string of the molecule is CCCCC[C@H](O)/C=C/[C@@H]1[C@H]2CC(CCCCC(=O)O)=C[C@H]2C[C@H]1OC(=O)C(C)(C)C. The van der Waals surface area contributed by atoms with E-state index in [1.807, 2.05) is 26.8 Å². The van der Waals surface area contributed by atoms with Crippen LogP contribution in [0.2, 0.25) is 0 Å². The van der Waals surface area contributed by atoms with Crippen molar-refractivity contribution in [3.05, 3.63) is 23.8 Å². The largest absolute Gasteiger partial charge is 0.481 e. The number of hydrogen-bond donors (Lipinski definition) is 2. The van der Waals surface area contributed by atoms with Gasteiger partial charge in [-0.25, -0.2) is 0 Å². The highest BCUT2D eigenvalue weighted by molar-refractivity contribution is 5.75. The summed E-state index contributed by atoms with van der Waals surface area (Å²) in [5, 5.41) is 19.2. The number of esters is 1. The van der Waals surface area contributed by atoms with Gasteiger partial charge in [-0.2, -0.15) is 0 Å². The smallest absolute Gasteiger partial charge is 0.311 e. The summed E-state index contributed by atoms with van der Waals surface area (Å²) in [6.45, 7) is 7.79. The minimum atomic E-state index is -0.733. The van der Waals surface area contributed by atoms with E-state index in [2.05, 4.69) is 19.1 Å². The maximum atomic E-state index is 12.5. The first-order valence-corrected chi connectivity index (χ1v) is 12.1. The third-order valence-electron chi connectivity index (χ3n) is 6.59. The molecule has 0 heterocycles. The number of fused-ring (bicyclic) bond motifs is 1. The molecule has 0 saturated heterocycles. The molecule has 2 N–H and O–H groups in total. The van der Waals surface area contributed by atoms with E-state index in [1.165, 1.54) is 5.57 Å². The zero-order valence-corrected chi connectivity index (χ0v) is 19.8. The topological polar surface area (TPSA) is 83.8 Å². The van der Waals surface area contributed by atoms with Crippen LogP contribution in [0.3, 0.4) is 0 Å². The van der Waals surface area contributed by atoms with Crippen LogP contribution in [0.25, 0.3) is 0 Å². The minimum absolute atomic E-state index is 0.116. The van der Waals surface area contributed by atoms with Crippen LogP contribution in [0, 0.1) is 23.2 Å². The van der Waals surface area contributed by atoms with Gasteiger partial charge >= 0.3 is 11.9 Å². The van der Waals surface area contributed by atoms with Crippen molar-refractivity contribution in [2.24, 2.45) is 23.2 Å². The van der Waals surface area contributed by atoms with E-state index >= 15 is 0 Å². The molecule has 0 aromatic heterocycles. The average Bonchev–Trinajstić information content (AvgIpc) is 3.20. The van der Waals surface area contributed by atoms with Gasteiger partial charge in [-0.05, 0) is 71.1 Å². The predicted octanol–water partition coefficient (Wildman–Crippen LogP) is 5.67. The molecule has 2 aliphatic carbocycles. The maximum Gasteiger partial charge on any atom is 0.311 e. The van der Waals surface area contributed by atoms with Gasteiger partial charge in [-0.15, -0.1) is 0 Å². The number of aliphatic hydroxyl groups is 1. The van der Waals surface area contributed by atoms with Crippen LogP contribution < -0.4 is 0 Å². The Labute approximate surface area is 187 Å². The van der Waals surface area contributed by atoms with Gasteiger partial charge in [0, 0.05) is 12.3 Å². The molecule has 0 bridgehead atoms. The molecule has 1 saturated carbocycles. The first-order chi connectivity index (χ1) is 14.6. The van der Waals surface area contributed by atoms with Gasteiger partial charge in [0.2, 0.25) is 0 Å². The number of carbonyl (C=O) groups excluding carboxylic acids is 1.